The van der Waals surface area contributed by atoms with Crippen LogP contribution in [0, 0.1) is 6.92 Å². The summed E-state index contributed by atoms with van der Waals surface area (Å²) in [6.07, 6.45) is 7.18. The van der Waals surface area contributed by atoms with E-state index in [9.17, 15) is 0 Å². The molecule has 0 bridgehead atoms. The molecule has 4 nitrogen and oxygen atoms in total. The van der Waals surface area contributed by atoms with E-state index >= 15 is 0 Å². The summed E-state index contributed by atoms with van der Waals surface area (Å²) in [5.41, 5.74) is 8.23. The SMILES string of the molecule is CC[C@@H](N)c1cnc(OC2CC2)c2cnc(C)cc12. The van der Waals surface area contributed by atoms with Gasteiger partial charge in [0.2, 0.25) is 5.88 Å². The quantitative estimate of drug-likeness (QED) is 0.914. The highest BCUT2D eigenvalue weighted by Gasteiger charge is 2.25. The molecule has 0 aliphatic heterocycles. The van der Waals surface area contributed by atoms with Crippen molar-refractivity contribution in [2.24, 2.45) is 5.73 Å². The van der Waals surface area contributed by atoms with E-state index in [1.165, 1.54) is 0 Å². The van der Waals surface area contributed by atoms with Crippen molar-refractivity contribution in [3.8, 4) is 5.88 Å². The zero-order valence-electron chi connectivity index (χ0n) is 11.4. The Kier molecular flexibility index (Phi) is 3.11. The fraction of sp³-hybridized carbons (Fsp3) is 0.467. The van der Waals surface area contributed by atoms with Gasteiger partial charge in [0.25, 0.3) is 0 Å². The lowest BCUT2D eigenvalue weighted by atomic mass is 10.0. The number of hydrogen-bond acceptors (Lipinski definition) is 4. The summed E-state index contributed by atoms with van der Waals surface area (Å²) in [4.78, 5) is 8.80. The second-order valence-corrected chi connectivity index (χ2v) is 5.22. The zero-order valence-corrected chi connectivity index (χ0v) is 11.4. The van der Waals surface area contributed by atoms with Gasteiger partial charge in [-0.25, -0.2) is 4.98 Å². The number of aromatic nitrogens is 2. The van der Waals surface area contributed by atoms with E-state index in [1.54, 1.807) is 0 Å². The van der Waals surface area contributed by atoms with Gasteiger partial charge in [-0.1, -0.05) is 6.92 Å². The van der Waals surface area contributed by atoms with E-state index < -0.39 is 0 Å². The maximum absolute atomic E-state index is 6.17. The second kappa shape index (κ2) is 4.78. The van der Waals surface area contributed by atoms with Crippen molar-refractivity contribution < 1.29 is 4.74 Å². The average Bonchev–Trinajstić information content (AvgIpc) is 3.22. The van der Waals surface area contributed by atoms with Gasteiger partial charge in [0.05, 0.1) is 5.39 Å². The van der Waals surface area contributed by atoms with Gasteiger partial charge in [0.15, 0.2) is 0 Å². The van der Waals surface area contributed by atoms with Crippen LogP contribution in [0.2, 0.25) is 0 Å². The molecule has 19 heavy (non-hydrogen) atoms. The smallest absolute Gasteiger partial charge is 0.223 e. The van der Waals surface area contributed by atoms with E-state index in [1.807, 2.05) is 19.3 Å². The first-order valence-electron chi connectivity index (χ1n) is 6.86. The topological polar surface area (TPSA) is 61.0 Å². The van der Waals surface area contributed by atoms with Gasteiger partial charge in [-0.05, 0) is 43.2 Å². The number of fused-ring (bicyclic) bond motifs is 1. The number of ether oxygens (including phenoxy) is 1. The first kappa shape index (κ1) is 12.4. The molecule has 0 saturated heterocycles. The summed E-state index contributed by atoms with van der Waals surface area (Å²) in [6, 6.07) is 2.08. The standard InChI is InChI=1S/C15H19N3O/c1-3-14(16)12-7-18-15(19-10-4-5-10)13-8-17-9(2)6-11(12)13/h6-8,10,14H,3-5,16H2,1-2H3/t14-/m1/s1. The van der Waals surface area contributed by atoms with Crippen LogP contribution in [0.5, 0.6) is 5.88 Å². The molecule has 0 aromatic carbocycles. The number of aryl methyl sites for hydroxylation is 1. The molecule has 1 atom stereocenters. The number of nitrogens with zero attached hydrogens (tertiary/aromatic N) is 2. The Morgan fingerprint density at radius 3 is 2.79 bits per heavy atom. The van der Waals surface area contributed by atoms with Crippen LogP contribution in [-0.2, 0) is 0 Å². The molecule has 1 fully saturated rings. The molecule has 1 aliphatic rings. The van der Waals surface area contributed by atoms with Crippen LogP contribution < -0.4 is 10.5 Å². The fourth-order valence-corrected chi connectivity index (χ4v) is 2.19. The molecule has 0 radical (unpaired) electrons. The van der Waals surface area contributed by atoms with Crippen LogP contribution in [0.25, 0.3) is 10.8 Å². The van der Waals surface area contributed by atoms with Crippen molar-refractivity contribution in [2.75, 3.05) is 0 Å². The third-order valence-electron chi connectivity index (χ3n) is 3.54. The van der Waals surface area contributed by atoms with Gasteiger partial charge >= 0.3 is 0 Å². The Bertz CT molecular complexity index is 608. The molecule has 4 heteroatoms. The van der Waals surface area contributed by atoms with E-state index in [-0.39, 0.29) is 6.04 Å². The van der Waals surface area contributed by atoms with Gasteiger partial charge in [-0.3, -0.25) is 4.98 Å². The summed E-state index contributed by atoms with van der Waals surface area (Å²) >= 11 is 0. The Morgan fingerprint density at radius 2 is 2.11 bits per heavy atom. The summed E-state index contributed by atoms with van der Waals surface area (Å²) in [5.74, 6) is 0.692. The lowest BCUT2D eigenvalue weighted by Crippen LogP contribution is -2.11. The Hall–Kier alpha value is -1.68. The van der Waals surface area contributed by atoms with Gasteiger partial charge in [0, 0.05) is 24.1 Å². The molecule has 0 spiro atoms. The lowest BCUT2D eigenvalue weighted by molar-refractivity contribution is 0.295. The zero-order chi connectivity index (χ0) is 13.4. The van der Waals surface area contributed by atoms with Crippen LogP contribution in [0.3, 0.4) is 0 Å². The van der Waals surface area contributed by atoms with Crippen LogP contribution in [0.15, 0.2) is 18.5 Å². The fourth-order valence-electron chi connectivity index (χ4n) is 2.19. The van der Waals surface area contributed by atoms with Gasteiger partial charge in [0.1, 0.15) is 6.10 Å². The molecular formula is C15H19N3O. The van der Waals surface area contributed by atoms with E-state index in [2.05, 4.69) is 23.0 Å². The highest BCUT2D eigenvalue weighted by molar-refractivity contribution is 5.89. The van der Waals surface area contributed by atoms with Gasteiger partial charge in [-0.15, -0.1) is 0 Å². The third-order valence-corrected chi connectivity index (χ3v) is 3.54. The van der Waals surface area contributed by atoms with Crippen LogP contribution in [-0.4, -0.2) is 16.1 Å². The minimum absolute atomic E-state index is 0.00627. The maximum Gasteiger partial charge on any atom is 0.223 e. The summed E-state index contributed by atoms with van der Waals surface area (Å²) < 4.78 is 5.85. The van der Waals surface area contributed by atoms with Gasteiger partial charge in [-0.2, -0.15) is 0 Å². The molecule has 1 aliphatic carbocycles. The molecule has 0 amide bonds. The number of nitrogens with two attached hydrogens (primary N) is 1. The van der Waals surface area contributed by atoms with Crippen molar-refractivity contribution >= 4 is 10.8 Å². The second-order valence-electron chi connectivity index (χ2n) is 5.22. The third kappa shape index (κ3) is 2.40. The highest BCUT2D eigenvalue weighted by Crippen LogP contribution is 2.33. The van der Waals surface area contributed by atoms with Crippen LogP contribution in [0.4, 0.5) is 0 Å². The maximum atomic E-state index is 6.17. The molecule has 100 valence electrons. The molecule has 2 heterocycles. The molecular weight excluding hydrogens is 238 g/mol. The first-order chi connectivity index (χ1) is 9.19. The highest BCUT2D eigenvalue weighted by atomic mass is 16.5. The summed E-state index contributed by atoms with van der Waals surface area (Å²) in [7, 11) is 0. The van der Waals surface area contributed by atoms with E-state index in [4.69, 9.17) is 10.5 Å². The summed E-state index contributed by atoms with van der Waals surface area (Å²) in [5, 5.41) is 2.09. The molecule has 0 unspecified atom stereocenters. The van der Waals surface area contributed by atoms with Gasteiger partial charge < -0.3 is 10.5 Å². The average molecular weight is 257 g/mol. The van der Waals surface area contributed by atoms with E-state index in [0.29, 0.717) is 12.0 Å². The van der Waals surface area contributed by atoms with Crippen molar-refractivity contribution in [1.29, 1.82) is 0 Å². The van der Waals surface area contributed by atoms with Crippen molar-refractivity contribution in [3.63, 3.8) is 0 Å². The predicted octanol–water partition coefficient (Wildman–Crippen LogP) is 2.89. The first-order valence-corrected chi connectivity index (χ1v) is 6.86. The number of pyridine rings is 2. The summed E-state index contributed by atoms with van der Waals surface area (Å²) in [6.45, 7) is 4.07. The molecule has 3 rings (SSSR count). The molecule has 2 N–H and O–H groups in total. The molecule has 2 aromatic rings. The molecule has 2 aromatic heterocycles. The van der Waals surface area contributed by atoms with Crippen molar-refractivity contribution in [1.82, 2.24) is 9.97 Å². The largest absolute Gasteiger partial charge is 0.474 e. The monoisotopic (exact) mass is 257 g/mol. The molecule has 1 saturated carbocycles. The normalized spacial score (nSPS) is 16.6. The van der Waals surface area contributed by atoms with Crippen molar-refractivity contribution in [3.05, 3.63) is 29.7 Å². The Morgan fingerprint density at radius 1 is 1.32 bits per heavy atom. The minimum Gasteiger partial charge on any atom is -0.474 e. The number of rotatable bonds is 4. The lowest BCUT2D eigenvalue weighted by Gasteiger charge is -2.15. The minimum atomic E-state index is 0.00627. The Balaban J connectivity index is 2.14. The van der Waals surface area contributed by atoms with Crippen molar-refractivity contribution in [2.45, 2.75) is 45.3 Å². The van der Waals surface area contributed by atoms with E-state index in [0.717, 1.165) is 41.3 Å². The van der Waals surface area contributed by atoms with Crippen LogP contribution in [0.1, 0.15) is 43.5 Å². The van der Waals surface area contributed by atoms with Crippen LogP contribution >= 0.6 is 0 Å². The Labute approximate surface area is 113 Å². The predicted molar refractivity (Wildman–Crippen MR) is 75.1 cm³/mol. The number of hydrogen-bond donors (Lipinski definition) is 1.